The molecule has 0 unspecified atom stereocenters. The van der Waals surface area contributed by atoms with E-state index in [-0.39, 0.29) is 22.8 Å². The van der Waals surface area contributed by atoms with Gasteiger partial charge in [0, 0.05) is 16.8 Å². The zero-order valence-corrected chi connectivity index (χ0v) is 18.3. The molecule has 0 spiro atoms. The van der Waals surface area contributed by atoms with Crippen LogP contribution in [0, 0.1) is 23.2 Å². The van der Waals surface area contributed by atoms with Crippen LogP contribution in [0.3, 0.4) is 0 Å². The first-order valence-electron chi connectivity index (χ1n) is 10.7. The van der Waals surface area contributed by atoms with Gasteiger partial charge in [0.1, 0.15) is 0 Å². The first-order chi connectivity index (χ1) is 13.6. The lowest BCUT2D eigenvalue weighted by Crippen LogP contribution is -2.55. The first kappa shape index (κ1) is 20.3. The summed E-state index contributed by atoms with van der Waals surface area (Å²) < 4.78 is 0. The summed E-state index contributed by atoms with van der Waals surface area (Å²) in [7, 11) is 0. The second-order valence-electron chi connectivity index (χ2n) is 10.4. The van der Waals surface area contributed by atoms with Gasteiger partial charge in [-0.1, -0.05) is 6.07 Å². The van der Waals surface area contributed by atoms with Gasteiger partial charge in [-0.2, -0.15) is 0 Å². The molecule has 1 aromatic rings. The molecule has 4 saturated carbocycles. The Hall–Kier alpha value is -1.95. The zero-order valence-electron chi connectivity index (χ0n) is 17.5. The largest absolute Gasteiger partial charge is 0.347 e. The monoisotopic (exact) mass is 413 g/mol. The Kier molecular flexibility index (Phi) is 5.18. The summed E-state index contributed by atoms with van der Waals surface area (Å²) in [5.41, 5.74) is 0.721. The second kappa shape index (κ2) is 7.38. The Balaban J connectivity index is 1.38. The molecule has 156 valence electrons. The lowest BCUT2D eigenvalue weighted by molar-refractivity contribution is -0.144. The van der Waals surface area contributed by atoms with Gasteiger partial charge < -0.3 is 16.0 Å². The van der Waals surface area contributed by atoms with Crippen LogP contribution in [0.5, 0.6) is 0 Å². The average molecular weight is 414 g/mol. The molecular weight excluding hydrogens is 382 g/mol. The highest BCUT2D eigenvalue weighted by molar-refractivity contribution is 7.80. The molecule has 0 aliphatic heterocycles. The topological polar surface area (TPSA) is 70.2 Å². The van der Waals surface area contributed by atoms with E-state index in [1.54, 1.807) is 12.1 Å². The van der Waals surface area contributed by atoms with Crippen LogP contribution < -0.4 is 16.0 Å². The van der Waals surface area contributed by atoms with Gasteiger partial charge in [-0.05, 0) is 107 Å². The molecule has 5 rings (SSSR count). The molecule has 0 atom stereocenters. The summed E-state index contributed by atoms with van der Waals surface area (Å²) in [6, 6.07) is 7.17. The van der Waals surface area contributed by atoms with Crippen LogP contribution in [0.2, 0.25) is 0 Å². The quantitative estimate of drug-likeness (QED) is 0.648. The zero-order chi connectivity index (χ0) is 20.8. The van der Waals surface area contributed by atoms with Gasteiger partial charge in [-0.3, -0.25) is 9.59 Å². The summed E-state index contributed by atoms with van der Waals surface area (Å²) in [5, 5.41) is 9.29. The SMILES string of the molecule is CC(C)(C)NC(=O)c1cccc(NC(=S)NC(=O)C23CC4CC(CC(C4)C2)C3)c1. The minimum Gasteiger partial charge on any atom is -0.347 e. The molecule has 4 fully saturated rings. The number of thiocarbonyl (C=S) groups is 1. The van der Waals surface area contributed by atoms with E-state index < -0.39 is 0 Å². The minimum atomic E-state index is -0.304. The predicted molar refractivity (Wildman–Crippen MR) is 119 cm³/mol. The molecule has 6 heteroatoms. The fraction of sp³-hybridized carbons (Fsp3) is 0.609. The van der Waals surface area contributed by atoms with Gasteiger partial charge in [0.2, 0.25) is 5.91 Å². The van der Waals surface area contributed by atoms with E-state index in [0.29, 0.717) is 34.1 Å². The standard InChI is InChI=1S/C23H31N3O2S/c1-22(2,3)26-19(27)17-5-4-6-18(10-17)24-21(29)25-20(28)23-11-14-7-15(12-23)9-16(8-14)13-23/h4-6,10,14-16H,7-9,11-13H2,1-3H3,(H,26,27)(H2,24,25,28,29). The summed E-state index contributed by atoms with van der Waals surface area (Å²) in [6.07, 6.45) is 6.94. The van der Waals surface area contributed by atoms with Crippen molar-refractivity contribution in [1.29, 1.82) is 0 Å². The van der Waals surface area contributed by atoms with Crippen LogP contribution in [0.15, 0.2) is 24.3 Å². The van der Waals surface area contributed by atoms with Crippen molar-refractivity contribution in [1.82, 2.24) is 10.6 Å². The number of nitrogens with one attached hydrogen (secondary N) is 3. The molecule has 4 aliphatic rings. The van der Waals surface area contributed by atoms with Gasteiger partial charge in [0.05, 0.1) is 5.41 Å². The van der Waals surface area contributed by atoms with E-state index in [0.717, 1.165) is 19.3 Å². The van der Waals surface area contributed by atoms with Crippen molar-refractivity contribution in [2.24, 2.45) is 23.2 Å². The highest BCUT2D eigenvalue weighted by atomic mass is 32.1. The summed E-state index contributed by atoms with van der Waals surface area (Å²) in [5.74, 6) is 2.09. The molecular formula is C23H31N3O2S. The van der Waals surface area contributed by atoms with Crippen molar-refractivity contribution in [3.05, 3.63) is 29.8 Å². The van der Waals surface area contributed by atoms with Gasteiger partial charge in [-0.25, -0.2) is 0 Å². The third kappa shape index (κ3) is 4.47. The molecule has 2 amide bonds. The number of rotatable bonds is 3. The number of carbonyl (C=O) groups is 2. The van der Waals surface area contributed by atoms with Crippen molar-refractivity contribution >= 4 is 34.8 Å². The molecule has 3 N–H and O–H groups in total. The van der Waals surface area contributed by atoms with Crippen LogP contribution in [-0.2, 0) is 4.79 Å². The molecule has 1 aromatic carbocycles. The Bertz CT molecular complexity index is 807. The normalized spacial score (nSPS) is 30.0. The molecule has 4 aliphatic carbocycles. The van der Waals surface area contributed by atoms with E-state index in [4.69, 9.17) is 12.2 Å². The lowest BCUT2D eigenvalue weighted by Gasteiger charge is -2.55. The maximum Gasteiger partial charge on any atom is 0.251 e. The maximum atomic E-state index is 13.1. The molecule has 0 saturated heterocycles. The summed E-state index contributed by atoms with van der Waals surface area (Å²) in [6.45, 7) is 5.84. The number of amides is 2. The Morgan fingerprint density at radius 1 is 1.03 bits per heavy atom. The van der Waals surface area contributed by atoms with E-state index in [9.17, 15) is 9.59 Å². The molecule has 29 heavy (non-hydrogen) atoms. The van der Waals surface area contributed by atoms with Crippen molar-refractivity contribution in [2.75, 3.05) is 5.32 Å². The number of benzene rings is 1. The fourth-order valence-corrected chi connectivity index (χ4v) is 6.15. The van der Waals surface area contributed by atoms with Gasteiger partial charge in [-0.15, -0.1) is 0 Å². The Morgan fingerprint density at radius 3 is 2.17 bits per heavy atom. The van der Waals surface area contributed by atoms with Crippen LogP contribution in [-0.4, -0.2) is 22.5 Å². The van der Waals surface area contributed by atoms with Crippen molar-refractivity contribution in [3.63, 3.8) is 0 Å². The molecule has 0 radical (unpaired) electrons. The maximum absolute atomic E-state index is 13.1. The second-order valence-corrected chi connectivity index (χ2v) is 10.8. The third-order valence-electron chi connectivity index (χ3n) is 6.62. The minimum absolute atomic E-state index is 0.0794. The van der Waals surface area contributed by atoms with Crippen molar-refractivity contribution in [2.45, 2.75) is 64.8 Å². The highest BCUT2D eigenvalue weighted by Gasteiger charge is 2.54. The van der Waals surface area contributed by atoms with Gasteiger partial charge >= 0.3 is 0 Å². The van der Waals surface area contributed by atoms with Crippen molar-refractivity contribution in [3.8, 4) is 0 Å². The molecule has 5 nitrogen and oxygen atoms in total. The average Bonchev–Trinajstić information content (AvgIpc) is 2.59. The van der Waals surface area contributed by atoms with E-state index >= 15 is 0 Å². The number of carbonyl (C=O) groups excluding carboxylic acids is 2. The molecule has 4 bridgehead atoms. The predicted octanol–water partition coefficient (Wildman–Crippen LogP) is 4.24. The Labute approximate surface area is 178 Å². The highest BCUT2D eigenvalue weighted by Crippen LogP contribution is 2.60. The molecule has 0 aromatic heterocycles. The number of anilines is 1. The molecule has 0 heterocycles. The third-order valence-corrected chi connectivity index (χ3v) is 6.82. The van der Waals surface area contributed by atoms with E-state index in [1.165, 1.54) is 19.3 Å². The number of hydrogen-bond acceptors (Lipinski definition) is 3. The van der Waals surface area contributed by atoms with Gasteiger partial charge in [0.15, 0.2) is 5.11 Å². The van der Waals surface area contributed by atoms with Crippen LogP contribution in [0.4, 0.5) is 5.69 Å². The summed E-state index contributed by atoms with van der Waals surface area (Å²) in [4.78, 5) is 25.5. The lowest BCUT2D eigenvalue weighted by atomic mass is 9.49. The van der Waals surface area contributed by atoms with Crippen molar-refractivity contribution < 1.29 is 9.59 Å². The van der Waals surface area contributed by atoms with Crippen LogP contribution >= 0.6 is 12.2 Å². The number of hydrogen-bond donors (Lipinski definition) is 3. The van der Waals surface area contributed by atoms with E-state index in [2.05, 4.69) is 16.0 Å². The van der Waals surface area contributed by atoms with Gasteiger partial charge in [0.25, 0.3) is 5.91 Å². The van der Waals surface area contributed by atoms with Crippen LogP contribution in [0.1, 0.15) is 69.7 Å². The summed E-state index contributed by atoms with van der Waals surface area (Å²) >= 11 is 5.42. The van der Waals surface area contributed by atoms with E-state index in [1.807, 2.05) is 32.9 Å². The first-order valence-corrected chi connectivity index (χ1v) is 11.1. The smallest absolute Gasteiger partial charge is 0.251 e. The Morgan fingerprint density at radius 2 is 1.62 bits per heavy atom. The fourth-order valence-electron chi connectivity index (χ4n) is 5.94. The van der Waals surface area contributed by atoms with Crippen LogP contribution in [0.25, 0.3) is 0 Å².